The number of ether oxygens (including phenoxy) is 1. The van der Waals surface area contributed by atoms with Gasteiger partial charge in [-0.1, -0.05) is 42.5 Å². The monoisotopic (exact) mass is 339 g/mol. The number of nitrogens with two attached hydrogens (primary N) is 1. The lowest BCUT2D eigenvalue weighted by Crippen LogP contribution is -2.26. The first kappa shape index (κ1) is 18.0. The van der Waals surface area contributed by atoms with Gasteiger partial charge in [-0.2, -0.15) is 0 Å². The van der Waals surface area contributed by atoms with Crippen molar-refractivity contribution in [1.29, 1.82) is 0 Å². The highest BCUT2D eigenvalue weighted by Gasteiger charge is 2.27. The zero-order valence-corrected chi connectivity index (χ0v) is 14.8. The van der Waals surface area contributed by atoms with Gasteiger partial charge in [0.15, 0.2) is 0 Å². The minimum atomic E-state index is 0.327. The van der Waals surface area contributed by atoms with Crippen LogP contribution in [-0.2, 0) is 6.61 Å². The smallest absolute Gasteiger partial charge is 0.119 e. The van der Waals surface area contributed by atoms with Gasteiger partial charge in [0.1, 0.15) is 12.4 Å². The van der Waals surface area contributed by atoms with E-state index in [1.807, 2.05) is 18.2 Å². The molecule has 1 unspecified atom stereocenters. The van der Waals surface area contributed by atoms with Crippen molar-refractivity contribution in [3.05, 3.63) is 65.7 Å². The molecule has 0 radical (unpaired) electrons. The van der Waals surface area contributed by atoms with Crippen LogP contribution in [0.3, 0.4) is 0 Å². The summed E-state index contributed by atoms with van der Waals surface area (Å²) in [6, 6.07) is 18.6. The molecule has 2 aromatic carbocycles. The molecule has 1 fully saturated rings. The highest BCUT2D eigenvalue weighted by molar-refractivity contribution is 5.30. The Morgan fingerprint density at radius 2 is 1.64 bits per heavy atom. The van der Waals surface area contributed by atoms with Crippen LogP contribution >= 0.6 is 0 Å². The fourth-order valence-electron chi connectivity index (χ4n) is 3.93. The fraction of sp³-hybridized carbons (Fsp3) is 0.455. The molecule has 0 aromatic heterocycles. The van der Waals surface area contributed by atoms with E-state index in [9.17, 15) is 5.11 Å². The standard InChI is InChI=1S/C22H29NO2/c23-14-22(19-8-6-17(15-24)7-9-19)20-10-12-21(13-11-20)25-16-18-4-2-1-3-5-18/h1-5,10-13,17,19,22,24H,6-9,14-16,23H2. The first-order chi connectivity index (χ1) is 12.3. The number of hydrogen-bond donors (Lipinski definition) is 2. The minimum Gasteiger partial charge on any atom is -0.489 e. The maximum Gasteiger partial charge on any atom is 0.119 e. The predicted octanol–water partition coefficient (Wildman–Crippen LogP) is 4.11. The average molecular weight is 339 g/mol. The number of aliphatic hydroxyl groups excluding tert-OH is 1. The molecule has 0 spiro atoms. The van der Waals surface area contributed by atoms with E-state index in [0.717, 1.165) is 18.6 Å². The summed E-state index contributed by atoms with van der Waals surface area (Å²) in [6.45, 7) is 1.60. The molecule has 3 nitrogen and oxygen atoms in total. The third-order valence-corrected chi connectivity index (χ3v) is 5.53. The third-order valence-electron chi connectivity index (χ3n) is 5.53. The van der Waals surface area contributed by atoms with Gasteiger partial charge in [-0.15, -0.1) is 0 Å². The molecule has 3 N–H and O–H groups in total. The van der Waals surface area contributed by atoms with Gasteiger partial charge in [-0.05, 0) is 73.2 Å². The van der Waals surface area contributed by atoms with Crippen LogP contribution in [0.4, 0.5) is 0 Å². The van der Waals surface area contributed by atoms with Crippen molar-refractivity contribution >= 4 is 0 Å². The molecular weight excluding hydrogens is 310 g/mol. The van der Waals surface area contributed by atoms with Crippen LogP contribution in [0.2, 0.25) is 0 Å². The molecule has 0 bridgehead atoms. The van der Waals surface area contributed by atoms with E-state index < -0.39 is 0 Å². The molecule has 0 amide bonds. The molecule has 1 atom stereocenters. The SMILES string of the molecule is NCC(c1ccc(OCc2ccccc2)cc1)C1CCC(CO)CC1. The molecule has 0 aliphatic heterocycles. The Morgan fingerprint density at radius 1 is 0.960 bits per heavy atom. The minimum absolute atomic E-state index is 0.327. The highest BCUT2D eigenvalue weighted by Crippen LogP contribution is 2.38. The summed E-state index contributed by atoms with van der Waals surface area (Å²) >= 11 is 0. The molecule has 2 aromatic rings. The van der Waals surface area contributed by atoms with Crippen molar-refractivity contribution in [2.75, 3.05) is 13.2 Å². The summed E-state index contributed by atoms with van der Waals surface area (Å²) in [5, 5.41) is 9.31. The summed E-state index contributed by atoms with van der Waals surface area (Å²) in [6.07, 6.45) is 4.57. The quantitative estimate of drug-likeness (QED) is 0.798. The van der Waals surface area contributed by atoms with E-state index in [0.29, 0.717) is 37.5 Å². The van der Waals surface area contributed by atoms with Crippen LogP contribution in [0, 0.1) is 11.8 Å². The second-order valence-corrected chi connectivity index (χ2v) is 7.15. The summed E-state index contributed by atoms with van der Waals surface area (Å²) in [7, 11) is 0. The van der Waals surface area contributed by atoms with Gasteiger partial charge >= 0.3 is 0 Å². The van der Waals surface area contributed by atoms with E-state index in [1.165, 1.54) is 24.0 Å². The Kier molecular flexibility index (Phi) is 6.48. The number of aliphatic hydroxyl groups is 1. The van der Waals surface area contributed by atoms with Crippen LogP contribution in [0.5, 0.6) is 5.75 Å². The number of benzene rings is 2. The highest BCUT2D eigenvalue weighted by atomic mass is 16.5. The molecule has 0 heterocycles. The normalized spacial score (nSPS) is 21.7. The molecule has 134 valence electrons. The van der Waals surface area contributed by atoms with E-state index in [1.54, 1.807) is 0 Å². The van der Waals surface area contributed by atoms with Gasteiger partial charge in [-0.3, -0.25) is 0 Å². The molecule has 1 saturated carbocycles. The molecule has 25 heavy (non-hydrogen) atoms. The van der Waals surface area contributed by atoms with E-state index in [-0.39, 0.29) is 0 Å². The van der Waals surface area contributed by atoms with Crippen LogP contribution in [-0.4, -0.2) is 18.3 Å². The fourth-order valence-corrected chi connectivity index (χ4v) is 3.93. The number of rotatable bonds is 7. The van der Waals surface area contributed by atoms with Crippen molar-refractivity contribution in [1.82, 2.24) is 0 Å². The lowest BCUT2D eigenvalue weighted by Gasteiger charge is -2.33. The Hall–Kier alpha value is -1.84. The van der Waals surface area contributed by atoms with Gasteiger partial charge in [0.2, 0.25) is 0 Å². The summed E-state index contributed by atoms with van der Waals surface area (Å²) in [4.78, 5) is 0. The molecule has 3 rings (SSSR count). The Morgan fingerprint density at radius 3 is 2.24 bits per heavy atom. The molecule has 1 aliphatic carbocycles. The van der Waals surface area contributed by atoms with Gasteiger partial charge in [0.25, 0.3) is 0 Å². The van der Waals surface area contributed by atoms with Gasteiger partial charge in [0, 0.05) is 6.61 Å². The van der Waals surface area contributed by atoms with Crippen LogP contribution in [0.1, 0.15) is 42.7 Å². The maximum atomic E-state index is 9.31. The second-order valence-electron chi connectivity index (χ2n) is 7.15. The first-order valence-corrected chi connectivity index (χ1v) is 9.37. The van der Waals surface area contributed by atoms with Crippen molar-refractivity contribution in [3.8, 4) is 5.75 Å². The van der Waals surface area contributed by atoms with Gasteiger partial charge in [-0.25, -0.2) is 0 Å². The predicted molar refractivity (Wildman–Crippen MR) is 102 cm³/mol. The Balaban J connectivity index is 1.58. The lowest BCUT2D eigenvalue weighted by atomic mass is 9.74. The topological polar surface area (TPSA) is 55.5 Å². The summed E-state index contributed by atoms with van der Waals surface area (Å²) in [5.41, 5.74) is 8.58. The first-order valence-electron chi connectivity index (χ1n) is 9.37. The zero-order chi connectivity index (χ0) is 17.5. The van der Waals surface area contributed by atoms with Crippen LogP contribution in [0.15, 0.2) is 54.6 Å². The van der Waals surface area contributed by atoms with Crippen molar-refractivity contribution in [2.45, 2.75) is 38.2 Å². The van der Waals surface area contributed by atoms with Crippen molar-refractivity contribution < 1.29 is 9.84 Å². The Labute approximate surface area is 150 Å². The molecular formula is C22H29NO2. The van der Waals surface area contributed by atoms with Crippen LogP contribution < -0.4 is 10.5 Å². The van der Waals surface area contributed by atoms with Crippen molar-refractivity contribution in [3.63, 3.8) is 0 Å². The third kappa shape index (κ3) is 4.83. The van der Waals surface area contributed by atoms with Gasteiger partial charge in [0.05, 0.1) is 0 Å². The van der Waals surface area contributed by atoms with E-state index >= 15 is 0 Å². The zero-order valence-electron chi connectivity index (χ0n) is 14.8. The largest absolute Gasteiger partial charge is 0.489 e. The molecule has 0 saturated heterocycles. The molecule has 1 aliphatic rings. The summed E-state index contributed by atoms with van der Waals surface area (Å²) in [5.74, 6) is 2.42. The van der Waals surface area contributed by atoms with Crippen LogP contribution in [0.25, 0.3) is 0 Å². The van der Waals surface area contributed by atoms with Crippen molar-refractivity contribution in [2.24, 2.45) is 17.6 Å². The van der Waals surface area contributed by atoms with Gasteiger partial charge < -0.3 is 15.6 Å². The maximum absolute atomic E-state index is 9.31. The van der Waals surface area contributed by atoms with E-state index in [2.05, 4.69) is 36.4 Å². The summed E-state index contributed by atoms with van der Waals surface area (Å²) < 4.78 is 5.88. The molecule has 3 heteroatoms. The average Bonchev–Trinajstić information content (AvgIpc) is 2.69. The van der Waals surface area contributed by atoms with E-state index in [4.69, 9.17) is 10.5 Å². The number of hydrogen-bond acceptors (Lipinski definition) is 3. The second kappa shape index (κ2) is 9.02. The Bertz CT molecular complexity index is 618. The lowest BCUT2D eigenvalue weighted by molar-refractivity contribution is 0.158.